The van der Waals surface area contributed by atoms with E-state index >= 15 is 0 Å². The lowest BCUT2D eigenvalue weighted by Gasteiger charge is -2.01. The Morgan fingerprint density at radius 2 is 2.23 bits per heavy atom. The van der Waals surface area contributed by atoms with E-state index < -0.39 is 0 Å². The van der Waals surface area contributed by atoms with E-state index in [2.05, 4.69) is 10.1 Å². The van der Waals surface area contributed by atoms with E-state index in [0.29, 0.717) is 6.54 Å². The van der Waals surface area contributed by atoms with Gasteiger partial charge in [0.05, 0.1) is 5.69 Å². The summed E-state index contributed by atoms with van der Waals surface area (Å²) in [6, 6.07) is 7.57. The van der Waals surface area contributed by atoms with Crippen molar-refractivity contribution >= 4 is 0 Å². The summed E-state index contributed by atoms with van der Waals surface area (Å²) in [7, 11) is 0. The summed E-state index contributed by atoms with van der Waals surface area (Å²) in [6.07, 6.45) is 3.57. The number of nitrogens with zero attached hydrogens (tertiary/aromatic N) is 3. The van der Waals surface area contributed by atoms with Crippen molar-refractivity contribution in [1.29, 1.82) is 0 Å². The average Bonchev–Trinajstić information content (AvgIpc) is 2.71. The topological polar surface area (TPSA) is 56.7 Å². The smallest absolute Gasteiger partial charge is 0.153 e. The zero-order valence-corrected chi connectivity index (χ0v) is 7.09. The molecule has 2 aromatic rings. The summed E-state index contributed by atoms with van der Waals surface area (Å²) in [6.45, 7) is 0.453. The maximum absolute atomic E-state index is 5.48. The molecule has 13 heavy (non-hydrogen) atoms. The van der Waals surface area contributed by atoms with Gasteiger partial charge in [0.15, 0.2) is 5.82 Å². The SMILES string of the molecule is NCc1cccc(-n2cccn2)n1. The van der Waals surface area contributed by atoms with Crippen molar-refractivity contribution < 1.29 is 0 Å². The molecule has 0 aliphatic heterocycles. The molecule has 0 radical (unpaired) electrons. The molecule has 0 unspecified atom stereocenters. The second-order valence-corrected chi connectivity index (χ2v) is 2.64. The van der Waals surface area contributed by atoms with Crippen molar-refractivity contribution in [3.63, 3.8) is 0 Å². The number of nitrogens with two attached hydrogens (primary N) is 1. The molecule has 2 aromatic heterocycles. The highest BCUT2D eigenvalue weighted by Crippen LogP contribution is 2.03. The normalized spacial score (nSPS) is 10.2. The molecule has 0 spiro atoms. The Balaban J connectivity index is 2.41. The molecule has 0 aliphatic carbocycles. The van der Waals surface area contributed by atoms with Gasteiger partial charge in [-0.2, -0.15) is 5.10 Å². The summed E-state index contributed by atoms with van der Waals surface area (Å²) in [5.74, 6) is 0.799. The van der Waals surface area contributed by atoms with E-state index in [1.54, 1.807) is 10.9 Å². The molecule has 4 heteroatoms. The van der Waals surface area contributed by atoms with Crippen LogP contribution in [0.2, 0.25) is 0 Å². The number of hydrogen-bond acceptors (Lipinski definition) is 3. The lowest BCUT2D eigenvalue weighted by Crippen LogP contribution is -2.04. The maximum atomic E-state index is 5.48. The van der Waals surface area contributed by atoms with Crippen molar-refractivity contribution in [1.82, 2.24) is 14.8 Å². The summed E-state index contributed by atoms with van der Waals surface area (Å²) in [5, 5.41) is 4.08. The van der Waals surface area contributed by atoms with Crippen molar-refractivity contribution in [3.8, 4) is 5.82 Å². The zero-order valence-electron chi connectivity index (χ0n) is 7.09. The first-order valence-electron chi connectivity index (χ1n) is 4.06. The molecule has 66 valence electrons. The van der Waals surface area contributed by atoms with Gasteiger partial charge >= 0.3 is 0 Å². The maximum Gasteiger partial charge on any atom is 0.153 e. The highest BCUT2D eigenvalue weighted by atomic mass is 15.3. The van der Waals surface area contributed by atoms with Crippen molar-refractivity contribution in [2.75, 3.05) is 0 Å². The van der Waals surface area contributed by atoms with E-state index in [1.807, 2.05) is 30.5 Å². The molecule has 0 bridgehead atoms. The van der Waals surface area contributed by atoms with Gasteiger partial charge in [0.25, 0.3) is 0 Å². The van der Waals surface area contributed by atoms with Crippen LogP contribution < -0.4 is 5.73 Å². The molecule has 0 aliphatic rings. The van der Waals surface area contributed by atoms with Gasteiger partial charge in [-0.3, -0.25) is 0 Å². The average molecular weight is 174 g/mol. The predicted molar refractivity (Wildman–Crippen MR) is 49.3 cm³/mol. The second kappa shape index (κ2) is 3.37. The monoisotopic (exact) mass is 174 g/mol. The van der Waals surface area contributed by atoms with Crippen molar-refractivity contribution in [2.24, 2.45) is 5.73 Å². The molecule has 0 saturated heterocycles. The molecule has 0 atom stereocenters. The van der Waals surface area contributed by atoms with E-state index in [9.17, 15) is 0 Å². The van der Waals surface area contributed by atoms with E-state index in [0.717, 1.165) is 11.5 Å². The van der Waals surface area contributed by atoms with Gasteiger partial charge in [-0.15, -0.1) is 0 Å². The fourth-order valence-corrected chi connectivity index (χ4v) is 1.11. The van der Waals surface area contributed by atoms with Crippen LogP contribution in [0.15, 0.2) is 36.7 Å². The highest BCUT2D eigenvalue weighted by molar-refractivity contribution is 5.23. The Labute approximate surface area is 76.0 Å². The van der Waals surface area contributed by atoms with Crippen LogP contribution in [0.5, 0.6) is 0 Å². The van der Waals surface area contributed by atoms with Gasteiger partial charge in [0, 0.05) is 18.9 Å². The number of hydrogen-bond donors (Lipinski definition) is 1. The van der Waals surface area contributed by atoms with Gasteiger partial charge in [0.2, 0.25) is 0 Å². The largest absolute Gasteiger partial charge is 0.325 e. The number of rotatable bonds is 2. The van der Waals surface area contributed by atoms with Crippen molar-refractivity contribution in [2.45, 2.75) is 6.54 Å². The van der Waals surface area contributed by atoms with Crippen LogP contribution in [0.4, 0.5) is 0 Å². The summed E-state index contributed by atoms with van der Waals surface area (Å²) in [5.41, 5.74) is 6.35. The van der Waals surface area contributed by atoms with Crippen LogP contribution in [0.3, 0.4) is 0 Å². The molecular formula is C9H10N4. The molecule has 0 aromatic carbocycles. The molecule has 0 saturated carbocycles. The standard InChI is InChI=1S/C9H10N4/c10-7-8-3-1-4-9(12-8)13-6-2-5-11-13/h1-6H,7,10H2. The Morgan fingerprint density at radius 1 is 1.31 bits per heavy atom. The molecule has 0 fully saturated rings. The van der Waals surface area contributed by atoms with Gasteiger partial charge < -0.3 is 5.73 Å². The molecule has 2 rings (SSSR count). The summed E-state index contributed by atoms with van der Waals surface area (Å²) >= 11 is 0. The fourth-order valence-electron chi connectivity index (χ4n) is 1.11. The lowest BCUT2D eigenvalue weighted by atomic mass is 10.3. The Morgan fingerprint density at radius 3 is 2.92 bits per heavy atom. The second-order valence-electron chi connectivity index (χ2n) is 2.64. The third-order valence-corrected chi connectivity index (χ3v) is 1.74. The zero-order chi connectivity index (χ0) is 9.10. The summed E-state index contributed by atoms with van der Waals surface area (Å²) in [4.78, 5) is 4.31. The first-order valence-corrected chi connectivity index (χ1v) is 4.06. The van der Waals surface area contributed by atoms with Crippen LogP contribution in [0, 0.1) is 0 Å². The van der Waals surface area contributed by atoms with Crippen LogP contribution in [0.1, 0.15) is 5.69 Å². The molecule has 0 amide bonds. The van der Waals surface area contributed by atoms with E-state index in [1.165, 1.54) is 0 Å². The van der Waals surface area contributed by atoms with Gasteiger partial charge in [-0.25, -0.2) is 9.67 Å². The van der Waals surface area contributed by atoms with Gasteiger partial charge in [-0.05, 0) is 18.2 Å². The van der Waals surface area contributed by atoms with Crippen LogP contribution in [-0.4, -0.2) is 14.8 Å². The van der Waals surface area contributed by atoms with Gasteiger partial charge in [0.1, 0.15) is 0 Å². The fraction of sp³-hybridized carbons (Fsp3) is 0.111. The molecule has 4 nitrogen and oxygen atoms in total. The third kappa shape index (κ3) is 1.57. The van der Waals surface area contributed by atoms with Crippen LogP contribution in [-0.2, 0) is 6.54 Å². The minimum absolute atomic E-state index is 0.453. The molecule has 2 heterocycles. The van der Waals surface area contributed by atoms with Crippen LogP contribution >= 0.6 is 0 Å². The Bertz CT molecular complexity index is 380. The first-order chi connectivity index (χ1) is 6.40. The Hall–Kier alpha value is -1.68. The quantitative estimate of drug-likeness (QED) is 0.730. The highest BCUT2D eigenvalue weighted by Gasteiger charge is 1.97. The first kappa shape index (κ1) is 7.94. The minimum Gasteiger partial charge on any atom is -0.325 e. The van der Waals surface area contributed by atoms with E-state index in [4.69, 9.17) is 5.73 Å². The number of pyridine rings is 1. The molecule has 2 N–H and O–H groups in total. The lowest BCUT2D eigenvalue weighted by molar-refractivity contribution is 0.829. The Kier molecular flexibility index (Phi) is 2.06. The summed E-state index contributed by atoms with van der Waals surface area (Å²) < 4.78 is 1.71. The van der Waals surface area contributed by atoms with Gasteiger partial charge in [-0.1, -0.05) is 6.07 Å². The van der Waals surface area contributed by atoms with E-state index in [-0.39, 0.29) is 0 Å². The molecular weight excluding hydrogens is 164 g/mol. The van der Waals surface area contributed by atoms with Crippen molar-refractivity contribution in [3.05, 3.63) is 42.4 Å². The third-order valence-electron chi connectivity index (χ3n) is 1.74. The van der Waals surface area contributed by atoms with Crippen LogP contribution in [0.25, 0.3) is 5.82 Å². The minimum atomic E-state index is 0.453. The predicted octanol–water partition coefficient (Wildman–Crippen LogP) is 0.726. The number of aromatic nitrogens is 3.